The van der Waals surface area contributed by atoms with E-state index in [-0.39, 0.29) is 30.5 Å². The second kappa shape index (κ2) is 8.18. The number of rotatable bonds is 6. The zero-order chi connectivity index (χ0) is 15.3. The van der Waals surface area contributed by atoms with Gasteiger partial charge in [-0.05, 0) is 23.3 Å². The van der Waals surface area contributed by atoms with Crippen LogP contribution in [0.5, 0.6) is 5.75 Å². The van der Waals surface area contributed by atoms with Crippen molar-refractivity contribution in [2.45, 2.75) is 26.5 Å². The molecular weight excluding hydrogens is 298 g/mol. The van der Waals surface area contributed by atoms with Crippen LogP contribution in [0.2, 0.25) is 0 Å². The monoisotopic (exact) mass is 321 g/mol. The Morgan fingerprint density at radius 2 is 1.77 bits per heavy atom. The molecule has 3 nitrogen and oxygen atoms in total. The first-order valence-corrected chi connectivity index (χ1v) is 7.16. The van der Waals surface area contributed by atoms with Gasteiger partial charge in [0.25, 0.3) is 0 Å². The number of aliphatic hydroxyl groups excluding tert-OH is 1. The molecule has 2 aromatic carbocycles. The molecule has 0 bridgehead atoms. The van der Waals surface area contributed by atoms with Gasteiger partial charge in [-0.2, -0.15) is 0 Å². The molecule has 0 heterocycles. The standard InChI is InChI=1S/C18H23NO2.ClH/c1-18(2,13-20)17(19)15-9-6-10-16(11-15)21-12-14-7-4-3-5-8-14;/h3-11,17,20H,12-13,19H2,1-2H3;1H/t17-;/m1./s1. The average Bonchev–Trinajstić information content (AvgIpc) is 2.53. The van der Waals surface area contributed by atoms with E-state index in [2.05, 4.69) is 0 Å². The van der Waals surface area contributed by atoms with Crippen LogP contribution in [0.15, 0.2) is 54.6 Å². The fourth-order valence-corrected chi connectivity index (χ4v) is 2.09. The van der Waals surface area contributed by atoms with Gasteiger partial charge in [-0.25, -0.2) is 0 Å². The fourth-order valence-electron chi connectivity index (χ4n) is 2.09. The second-order valence-electron chi connectivity index (χ2n) is 5.97. The Kier molecular flexibility index (Phi) is 6.88. The van der Waals surface area contributed by atoms with Crippen LogP contribution >= 0.6 is 12.4 Å². The number of benzene rings is 2. The Balaban J connectivity index is 0.00000242. The predicted molar refractivity (Wildman–Crippen MR) is 92.3 cm³/mol. The maximum absolute atomic E-state index is 9.44. The highest BCUT2D eigenvalue weighted by atomic mass is 35.5. The number of halogens is 1. The van der Waals surface area contributed by atoms with E-state index in [1.165, 1.54) is 0 Å². The molecule has 0 unspecified atom stereocenters. The zero-order valence-corrected chi connectivity index (χ0v) is 13.8. The lowest BCUT2D eigenvalue weighted by Crippen LogP contribution is -2.32. The van der Waals surface area contributed by atoms with Crippen molar-refractivity contribution in [3.05, 3.63) is 65.7 Å². The van der Waals surface area contributed by atoms with Crippen LogP contribution in [0, 0.1) is 5.41 Å². The summed E-state index contributed by atoms with van der Waals surface area (Å²) in [5, 5.41) is 9.44. The lowest BCUT2D eigenvalue weighted by atomic mass is 9.82. The van der Waals surface area contributed by atoms with E-state index < -0.39 is 0 Å². The summed E-state index contributed by atoms with van der Waals surface area (Å²) < 4.78 is 5.81. The van der Waals surface area contributed by atoms with Crippen molar-refractivity contribution in [3.8, 4) is 5.75 Å². The Bertz CT molecular complexity index is 572. The summed E-state index contributed by atoms with van der Waals surface area (Å²) in [5.74, 6) is 0.792. The van der Waals surface area contributed by atoms with E-state index in [0.29, 0.717) is 6.61 Å². The fraction of sp³-hybridized carbons (Fsp3) is 0.333. The molecule has 0 aliphatic heterocycles. The predicted octanol–water partition coefficient (Wildman–Crippen LogP) is 3.71. The molecule has 22 heavy (non-hydrogen) atoms. The Morgan fingerprint density at radius 1 is 1.09 bits per heavy atom. The first kappa shape index (κ1) is 18.5. The minimum atomic E-state index is -0.363. The number of hydrogen-bond acceptors (Lipinski definition) is 3. The molecule has 0 amide bonds. The number of ether oxygens (including phenoxy) is 1. The highest BCUT2D eigenvalue weighted by Gasteiger charge is 2.27. The van der Waals surface area contributed by atoms with Crippen LogP contribution in [-0.2, 0) is 6.61 Å². The average molecular weight is 322 g/mol. The molecule has 0 spiro atoms. The van der Waals surface area contributed by atoms with Crippen LogP contribution in [-0.4, -0.2) is 11.7 Å². The molecule has 0 fully saturated rings. The van der Waals surface area contributed by atoms with Gasteiger partial charge in [-0.1, -0.05) is 56.3 Å². The Hall–Kier alpha value is -1.55. The first-order chi connectivity index (χ1) is 10.0. The van der Waals surface area contributed by atoms with Gasteiger partial charge < -0.3 is 15.6 Å². The summed E-state index contributed by atoms with van der Waals surface area (Å²) in [5.41, 5.74) is 7.98. The molecule has 1 atom stereocenters. The SMILES string of the molecule is CC(C)(CO)[C@H](N)c1cccc(OCc2ccccc2)c1.Cl. The van der Waals surface area contributed by atoms with Crippen molar-refractivity contribution >= 4 is 12.4 Å². The summed E-state index contributed by atoms with van der Waals surface area (Å²) in [6.07, 6.45) is 0. The van der Waals surface area contributed by atoms with E-state index in [1.54, 1.807) is 0 Å². The number of aliphatic hydroxyl groups is 1. The zero-order valence-electron chi connectivity index (χ0n) is 13.0. The summed E-state index contributed by atoms with van der Waals surface area (Å²) in [6, 6.07) is 17.6. The van der Waals surface area contributed by atoms with Crippen molar-refractivity contribution < 1.29 is 9.84 Å². The highest BCUT2D eigenvalue weighted by Crippen LogP contribution is 2.32. The van der Waals surface area contributed by atoms with Crippen LogP contribution in [0.25, 0.3) is 0 Å². The molecule has 120 valence electrons. The van der Waals surface area contributed by atoms with Crippen LogP contribution in [0.3, 0.4) is 0 Å². The normalized spacial score (nSPS) is 12.4. The van der Waals surface area contributed by atoms with E-state index >= 15 is 0 Å². The van der Waals surface area contributed by atoms with Gasteiger partial charge in [0.2, 0.25) is 0 Å². The minimum Gasteiger partial charge on any atom is -0.489 e. The second-order valence-corrected chi connectivity index (χ2v) is 5.97. The highest BCUT2D eigenvalue weighted by molar-refractivity contribution is 5.85. The van der Waals surface area contributed by atoms with Crippen molar-refractivity contribution in [2.75, 3.05) is 6.61 Å². The summed E-state index contributed by atoms with van der Waals surface area (Å²) in [6.45, 7) is 4.48. The molecule has 0 aromatic heterocycles. The van der Waals surface area contributed by atoms with Gasteiger partial charge in [0.15, 0.2) is 0 Å². The molecule has 3 N–H and O–H groups in total. The molecule has 0 aliphatic carbocycles. The first-order valence-electron chi connectivity index (χ1n) is 7.16. The van der Waals surface area contributed by atoms with E-state index in [4.69, 9.17) is 10.5 Å². The number of hydrogen-bond donors (Lipinski definition) is 2. The summed E-state index contributed by atoms with van der Waals surface area (Å²) >= 11 is 0. The smallest absolute Gasteiger partial charge is 0.120 e. The molecule has 2 aromatic rings. The lowest BCUT2D eigenvalue weighted by Gasteiger charge is -2.29. The van der Waals surface area contributed by atoms with Crippen LogP contribution in [0.4, 0.5) is 0 Å². The molecular formula is C18H24ClNO2. The van der Waals surface area contributed by atoms with Crippen molar-refractivity contribution in [1.82, 2.24) is 0 Å². The third-order valence-corrected chi connectivity index (χ3v) is 3.71. The van der Waals surface area contributed by atoms with Gasteiger partial charge in [0.1, 0.15) is 12.4 Å². The van der Waals surface area contributed by atoms with Gasteiger partial charge in [-0.3, -0.25) is 0 Å². The Morgan fingerprint density at radius 3 is 2.41 bits per heavy atom. The molecule has 0 saturated heterocycles. The summed E-state index contributed by atoms with van der Waals surface area (Å²) in [4.78, 5) is 0. The topological polar surface area (TPSA) is 55.5 Å². The molecule has 0 radical (unpaired) electrons. The quantitative estimate of drug-likeness (QED) is 0.853. The van der Waals surface area contributed by atoms with E-state index in [9.17, 15) is 5.11 Å². The van der Waals surface area contributed by atoms with Gasteiger partial charge >= 0.3 is 0 Å². The maximum atomic E-state index is 9.44. The lowest BCUT2D eigenvalue weighted by molar-refractivity contribution is 0.132. The van der Waals surface area contributed by atoms with E-state index in [1.807, 2.05) is 68.4 Å². The third-order valence-electron chi connectivity index (χ3n) is 3.71. The van der Waals surface area contributed by atoms with Crippen LogP contribution in [0.1, 0.15) is 31.0 Å². The van der Waals surface area contributed by atoms with E-state index in [0.717, 1.165) is 16.9 Å². The molecule has 2 rings (SSSR count). The summed E-state index contributed by atoms with van der Waals surface area (Å²) in [7, 11) is 0. The van der Waals surface area contributed by atoms with Gasteiger partial charge in [0.05, 0.1) is 0 Å². The molecule has 0 aliphatic rings. The van der Waals surface area contributed by atoms with Gasteiger partial charge in [0, 0.05) is 18.1 Å². The van der Waals surface area contributed by atoms with Crippen molar-refractivity contribution in [1.29, 1.82) is 0 Å². The third kappa shape index (κ3) is 4.73. The largest absolute Gasteiger partial charge is 0.489 e. The van der Waals surface area contributed by atoms with Gasteiger partial charge in [-0.15, -0.1) is 12.4 Å². The Labute approximate surface area is 138 Å². The van der Waals surface area contributed by atoms with Crippen molar-refractivity contribution in [2.24, 2.45) is 11.1 Å². The molecule has 0 saturated carbocycles. The van der Waals surface area contributed by atoms with Crippen molar-refractivity contribution in [3.63, 3.8) is 0 Å². The molecule has 4 heteroatoms. The maximum Gasteiger partial charge on any atom is 0.120 e. The number of nitrogens with two attached hydrogens (primary N) is 1. The minimum absolute atomic E-state index is 0. The van der Waals surface area contributed by atoms with Crippen LogP contribution < -0.4 is 10.5 Å².